The number of hydrogen-bond acceptors (Lipinski definition) is 4. The molecule has 1 aromatic carbocycles. The van der Waals surface area contributed by atoms with Crippen molar-refractivity contribution in [3.8, 4) is 11.5 Å². The number of nitrogens with two attached hydrogens (primary N) is 1. The van der Waals surface area contributed by atoms with Crippen molar-refractivity contribution in [3.63, 3.8) is 0 Å². The lowest BCUT2D eigenvalue weighted by Crippen LogP contribution is -2.34. The van der Waals surface area contributed by atoms with Crippen molar-refractivity contribution in [1.29, 1.82) is 0 Å². The molecule has 0 radical (unpaired) electrons. The fraction of sp³-hybridized carbons (Fsp3) is 0.429. The number of halogens is 1. The highest BCUT2D eigenvalue weighted by molar-refractivity contribution is 9.10. The summed E-state index contributed by atoms with van der Waals surface area (Å²) in [7, 11) is 0. The number of aromatic nitrogens is 2. The Bertz CT molecular complexity index is 602. The second kappa shape index (κ2) is 4.72. The highest BCUT2D eigenvalue weighted by Gasteiger charge is 2.36. The normalized spacial score (nSPS) is 17.8. The Morgan fingerprint density at radius 2 is 2.05 bits per heavy atom. The van der Waals surface area contributed by atoms with Crippen molar-refractivity contribution in [2.24, 2.45) is 5.73 Å². The molecular formula is C14H16BrN3O. The largest absolute Gasteiger partial charge is 0.334 e. The van der Waals surface area contributed by atoms with Crippen LogP contribution in [0.2, 0.25) is 0 Å². The van der Waals surface area contributed by atoms with Crippen molar-refractivity contribution in [2.75, 3.05) is 0 Å². The summed E-state index contributed by atoms with van der Waals surface area (Å²) in [5.74, 6) is 1.16. The van der Waals surface area contributed by atoms with Crippen LogP contribution in [0.15, 0.2) is 27.2 Å². The molecule has 1 heterocycles. The predicted molar refractivity (Wildman–Crippen MR) is 76.5 cm³/mol. The summed E-state index contributed by atoms with van der Waals surface area (Å²) in [5.41, 5.74) is 8.01. The average Bonchev–Trinajstić information content (AvgIpc) is 3.02. The first-order chi connectivity index (χ1) is 9.08. The number of hydrogen-bond donors (Lipinski definition) is 1. The summed E-state index contributed by atoms with van der Waals surface area (Å²) < 4.78 is 6.34. The fourth-order valence-corrected chi connectivity index (χ4v) is 2.98. The highest BCUT2D eigenvalue weighted by Crippen LogP contribution is 2.36. The van der Waals surface area contributed by atoms with Crippen molar-refractivity contribution >= 4 is 15.9 Å². The zero-order valence-electron chi connectivity index (χ0n) is 10.8. The number of benzene rings is 1. The van der Waals surface area contributed by atoms with Gasteiger partial charge in [-0.1, -0.05) is 29.6 Å². The zero-order chi connectivity index (χ0) is 13.5. The van der Waals surface area contributed by atoms with E-state index in [0.717, 1.165) is 41.3 Å². The highest BCUT2D eigenvalue weighted by atomic mass is 79.9. The summed E-state index contributed by atoms with van der Waals surface area (Å²) in [6, 6.07) is 6.05. The summed E-state index contributed by atoms with van der Waals surface area (Å²) in [6.07, 6.45) is 4.13. The molecule has 19 heavy (non-hydrogen) atoms. The van der Waals surface area contributed by atoms with Crippen LogP contribution >= 0.6 is 15.9 Å². The van der Waals surface area contributed by atoms with Crippen molar-refractivity contribution < 1.29 is 4.52 Å². The van der Waals surface area contributed by atoms with Crippen molar-refractivity contribution in [2.45, 2.75) is 38.1 Å². The molecule has 0 bridgehead atoms. The first kappa shape index (κ1) is 12.8. The van der Waals surface area contributed by atoms with Gasteiger partial charge in [0, 0.05) is 4.47 Å². The SMILES string of the molecule is Cc1ccc(Br)c(-c2nc(C3(N)CCCC3)no2)c1. The van der Waals surface area contributed by atoms with Gasteiger partial charge >= 0.3 is 0 Å². The zero-order valence-corrected chi connectivity index (χ0v) is 12.4. The van der Waals surface area contributed by atoms with E-state index in [1.807, 2.05) is 25.1 Å². The van der Waals surface area contributed by atoms with Gasteiger partial charge in [-0.25, -0.2) is 0 Å². The maximum atomic E-state index is 6.34. The Hall–Kier alpha value is -1.20. The molecule has 0 aliphatic heterocycles. The molecule has 1 fully saturated rings. The first-order valence-electron chi connectivity index (χ1n) is 6.48. The molecule has 0 spiro atoms. The minimum absolute atomic E-state index is 0.405. The molecule has 1 aliphatic carbocycles. The van der Waals surface area contributed by atoms with E-state index in [1.165, 1.54) is 0 Å². The lowest BCUT2D eigenvalue weighted by atomic mass is 9.98. The summed E-state index contributed by atoms with van der Waals surface area (Å²) >= 11 is 3.51. The van der Waals surface area contributed by atoms with Crippen LogP contribution in [0.3, 0.4) is 0 Å². The van der Waals surface area contributed by atoms with E-state index in [-0.39, 0.29) is 0 Å². The maximum absolute atomic E-state index is 6.34. The van der Waals surface area contributed by atoms with Crippen LogP contribution in [-0.4, -0.2) is 10.1 Å². The van der Waals surface area contributed by atoms with Gasteiger partial charge in [-0.2, -0.15) is 4.98 Å². The van der Waals surface area contributed by atoms with Gasteiger partial charge in [-0.15, -0.1) is 0 Å². The van der Waals surface area contributed by atoms with Gasteiger partial charge in [0.2, 0.25) is 0 Å². The molecule has 4 nitrogen and oxygen atoms in total. The molecule has 3 rings (SSSR count). The molecule has 0 unspecified atom stereocenters. The van der Waals surface area contributed by atoms with Crippen LogP contribution in [0.25, 0.3) is 11.5 Å². The van der Waals surface area contributed by atoms with Gasteiger partial charge in [0.05, 0.1) is 11.1 Å². The molecule has 1 aliphatic rings. The Morgan fingerprint density at radius 3 is 2.79 bits per heavy atom. The third kappa shape index (κ3) is 2.32. The Balaban J connectivity index is 1.99. The van der Waals surface area contributed by atoms with Gasteiger partial charge in [-0.3, -0.25) is 0 Å². The van der Waals surface area contributed by atoms with E-state index in [2.05, 4.69) is 26.1 Å². The van der Waals surface area contributed by atoms with Gasteiger partial charge in [0.1, 0.15) is 0 Å². The van der Waals surface area contributed by atoms with E-state index >= 15 is 0 Å². The third-order valence-corrected chi connectivity index (χ3v) is 4.41. The first-order valence-corrected chi connectivity index (χ1v) is 7.27. The van der Waals surface area contributed by atoms with E-state index in [0.29, 0.717) is 11.7 Å². The Morgan fingerprint density at radius 1 is 1.32 bits per heavy atom. The topological polar surface area (TPSA) is 64.9 Å². The van der Waals surface area contributed by atoms with Crippen molar-refractivity contribution in [3.05, 3.63) is 34.1 Å². The molecule has 5 heteroatoms. The lowest BCUT2D eigenvalue weighted by molar-refractivity contribution is 0.372. The maximum Gasteiger partial charge on any atom is 0.259 e. The number of aryl methyl sites for hydroxylation is 1. The monoisotopic (exact) mass is 321 g/mol. The van der Waals surface area contributed by atoms with Crippen LogP contribution in [-0.2, 0) is 5.54 Å². The van der Waals surface area contributed by atoms with Crippen LogP contribution in [0.4, 0.5) is 0 Å². The second-order valence-electron chi connectivity index (χ2n) is 5.27. The minimum atomic E-state index is -0.405. The summed E-state index contributed by atoms with van der Waals surface area (Å²) in [5, 5.41) is 4.09. The van der Waals surface area contributed by atoms with Crippen LogP contribution in [0.1, 0.15) is 37.1 Å². The fourth-order valence-electron chi connectivity index (χ4n) is 2.57. The van der Waals surface area contributed by atoms with Crippen LogP contribution in [0, 0.1) is 6.92 Å². The van der Waals surface area contributed by atoms with Gasteiger partial charge in [-0.05, 0) is 47.8 Å². The summed E-state index contributed by atoms with van der Waals surface area (Å²) in [6.45, 7) is 2.04. The quantitative estimate of drug-likeness (QED) is 0.918. The van der Waals surface area contributed by atoms with Gasteiger partial charge < -0.3 is 10.3 Å². The predicted octanol–water partition coefficient (Wildman–Crippen LogP) is 3.54. The summed E-state index contributed by atoms with van der Waals surface area (Å²) in [4.78, 5) is 4.50. The van der Waals surface area contributed by atoms with E-state index < -0.39 is 5.54 Å². The average molecular weight is 322 g/mol. The minimum Gasteiger partial charge on any atom is -0.334 e. The molecule has 0 amide bonds. The van der Waals surface area contributed by atoms with Gasteiger partial charge in [0.15, 0.2) is 5.82 Å². The molecular weight excluding hydrogens is 306 g/mol. The molecule has 0 atom stereocenters. The van der Waals surface area contributed by atoms with Crippen LogP contribution in [0.5, 0.6) is 0 Å². The van der Waals surface area contributed by atoms with Crippen LogP contribution < -0.4 is 5.73 Å². The van der Waals surface area contributed by atoms with E-state index in [1.54, 1.807) is 0 Å². The lowest BCUT2D eigenvalue weighted by Gasteiger charge is -2.17. The van der Waals surface area contributed by atoms with E-state index in [9.17, 15) is 0 Å². The number of nitrogens with zero attached hydrogens (tertiary/aromatic N) is 2. The molecule has 100 valence electrons. The standard InChI is InChI=1S/C14H16BrN3O/c1-9-4-5-11(15)10(8-9)12-17-13(18-19-12)14(16)6-2-3-7-14/h4-5,8H,2-3,6-7,16H2,1H3. The molecule has 2 N–H and O–H groups in total. The molecule has 1 aromatic heterocycles. The van der Waals surface area contributed by atoms with Crippen molar-refractivity contribution in [1.82, 2.24) is 10.1 Å². The Kier molecular flexibility index (Phi) is 3.19. The third-order valence-electron chi connectivity index (χ3n) is 3.72. The molecule has 1 saturated carbocycles. The number of rotatable bonds is 2. The smallest absolute Gasteiger partial charge is 0.259 e. The van der Waals surface area contributed by atoms with E-state index in [4.69, 9.17) is 10.3 Å². The second-order valence-corrected chi connectivity index (χ2v) is 6.12. The Labute approximate surface area is 120 Å². The molecule has 2 aromatic rings. The van der Waals surface area contributed by atoms with Gasteiger partial charge in [0.25, 0.3) is 5.89 Å². The molecule has 0 saturated heterocycles.